The average Bonchev–Trinajstić information content (AvgIpc) is 3.34. The van der Waals surface area contributed by atoms with Crippen LogP contribution in [0.3, 0.4) is 0 Å². The van der Waals surface area contributed by atoms with Crippen LogP contribution in [0.5, 0.6) is 0 Å². The highest BCUT2D eigenvalue weighted by Crippen LogP contribution is 2.10. The Hall–Kier alpha value is -4.01. The molecule has 1 rings (SSSR count). The first-order chi connectivity index (χ1) is 17.3. The molecule has 0 aromatic carbocycles. The molecule has 5 atom stereocenters. The molecular weight excluding hydrogens is 490 g/mol. The Morgan fingerprint density at radius 3 is 2.03 bits per heavy atom. The van der Waals surface area contributed by atoms with Crippen molar-refractivity contribution in [2.75, 3.05) is 0 Å². The number of H-pyrrole nitrogens is 1. The zero-order valence-corrected chi connectivity index (χ0v) is 20.7. The predicted octanol–water partition coefficient (Wildman–Crippen LogP) is -2.01. The molecule has 0 aliphatic heterocycles. The summed E-state index contributed by atoms with van der Waals surface area (Å²) in [6.07, 6.45) is 2.02. The highest BCUT2D eigenvalue weighted by Gasteiger charge is 2.32. The third-order valence-corrected chi connectivity index (χ3v) is 5.70. The fourth-order valence-electron chi connectivity index (χ4n) is 3.31. The first kappa shape index (κ1) is 31.0. The third kappa shape index (κ3) is 11.1. The number of amides is 4. The molecule has 0 spiro atoms. The van der Waals surface area contributed by atoms with Crippen LogP contribution in [-0.2, 0) is 35.2 Å². The minimum Gasteiger partial charge on any atom is -0.481 e. The van der Waals surface area contributed by atoms with Gasteiger partial charge in [-0.1, -0.05) is 20.3 Å². The van der Waals surface area contributed by atoms with Crippen LogP contribution in [0.1, 0.15) is 51.6 Å². The van der Waals surface area contributed by atoms with Crippen LogP contribution in [0.15, 0.2) is 12.5 Å². The standard InChI is InChI=1S/C22H35N7O8/c1-3-11(2)18(22(36)37)29-21(35)15(5-7-17(31)32)28-20(34)14(4-6-16(24)30)27-19(33)13(23)8-12-9-25-10-26-12/h9-11,13-15,18H,3-8,23H2,1-2H3,(H2,24,30)(H,25,26)(H,27,33)(H,28,34)(H,29,35)(H,31,32)(H,36,37). The van der Waals surface area contributed by atoms with Crippen molar-refractivity contribution in [1.29, 1.82) is 0 Å². The summed E-state index contributed by atoms with van der Waals surface area (Å²) in [6.45, 7) is 3.35. The quantitative estimate of drug-likeness (QED) is 0.111. The number of carboxylic acids is 2. The van der Waals surface area contributed by atoms with Gasteiger partial charge in [-0.15, -0.1) is 0 Å². The molecule has 0 aliphatic rings. The van der Waals surface area contributed by atoms with Gasteiger partial charge < -0.3 is 42.6 Å². The number of nitrogens with one attached hydrogen (secondary N) is 4. The van der Waals surface area contributed by atoms with E-state index in [1.165, 1.54) is 12.5 Å². The van der Waals surface area contributed by atoms with E-state index in [0.717, 1.165) is 0 Å². The molecule has 0 bridgehead atoms. The first-order valence-electron chi connectivity index (χ1n) is 11.7. The van der Waals surface area contributed by atoms with Gasteiger partial charge in [0, 0.05) is 31.2 Å². The van der Waals surface area contributed by atoms with Gasteiger partial charge in [-0.3, -0.25) is 24.0 Å². The lowest BCUT2D eigenvalue weighted by molar-refractivity contribution is -0.144. The van der Waals surface area contributed by atoms with E-state index in [2.05, 4.69) is 25.9 Å². The molecule has 0 saturated carbocycles. The fourth-order valence-corrected chi connectivity index (χ4v) is 3.31. The molecule has 37 heavy (non-hydrogen) atoms. The van der Waals surface area contributed by atoms with Crippen molar-refractivity contribution in [2.45, 2.75) is 76.5 Å². The van der Waals surface area contributed by atoms with Gasteiger partial charge in [0.05, 0.1) is 12.4 Å². The van der Waals surface area contributed by atoms with Crippen LogP contribution >= 0.6 is 0 Å². The summed E-state index contributed by atoms with van der Waals surface area (Å²) in [5, 5.41) is 25.6. The van der Waals surface area contributed by atoms with E-state index >= 15 is 0 Å². The number of carboxylic acid groups (broad SMARTS) is 2. The van der Waals surface area contributed by atoms with Crippen molar-refractivity contribution in [3.63, 3.8) is 0 Å². The number of carbonyl (C=O) groups is 6. The Kier molecular flexibility index (Phi) is 12.7. The van der Waals surface area contributed by atoms with Crippen LogP contribution in [0.25, 0.3) is 0 Å². The van der Waals surface area contributed by atoms with Crippen LogP contribution < -0.4 is 27.4 Å². The van der Waals surface area contributed by atoms with Gasteiger partial charge in [0.2, 0.25) is 23.6 Å². The second-order valence-electron chi connectivity index (χ2n) is 8.66. The topological polar surface area (TPSA) is 260 Å². The number of nitrogens with zero attached hydrogens (tertiary/aromatic N) is 1. The Bertz CT molecular complexity index is 953. The van der Waals surface area contributed by atoms with Crippen LogP contribution in [-0.4, -0.2) is 79.9 Å². The fraction of sp³-hybridized carbons (Fsp3) is 0.591. The Morgan fingerprint density at radius 1 is 0.973 bits per heavy atom. The molecule has 0 fully saturated rings. The van der Waals surface area contributed by atoms with Crippen molar-refractivity contribution in [3.05, 3.63) is 18.2 Å². The number of hydrogen-bond acceptors (Lipinski definition) is 8. The SMILES string of the molecule is CCC(C)C(NC(=O)C(CCC(=O)O)NC(=O)C(CCC(N)=O)NC(=O)C(N)Cc1cnc[nH]1)C(=O)O. The highest BCUT2D eigenvalue weighted by molar-refractivity contribution is 5.94. The number of carbonyl (C=O) groups excluding carboxylic acids is 4. The lowest BCUT2D eigenvalue weighted by Gasteiger charge is -2.26. The average molecular weight is 526 g/mol. The zero-order chi connectivity index (χ0) is 28.1. The van der Waals surface area contributed by atoms with E-state index in [9.17, 15) is 33.9 Å². The van der Waals surface area contributed by atoms with E-state index in [4.69, 9.17) is 16.6 Å². The summed E-state index contributed by atoms with van der Waals surface area (Å²) < 4.78 is 0. The smallest absolute Gasteiger partial charge is 0.326 e. The molecule has 5 unspecified atom stereocenters. The summed E-state index contributed by atoms with van der Waals surface area (Å²) in [6, 6.07) is -5.12. The Labute approximate surface area is 213 Å². The van der Waals surface area contributed by atoms with Crippen LogP contribution in [0.2, 0.25) is 0 Å². The minimum absolute atomic E-state index is 0.0752. The minimum atomic E-state index is -1.43. The summed E-state index contributed by atoms with van der Waals surface area (Å²) in [7, 11) is 0. The summed E-state index contributed by atoms with van der Waals surface area (Å²) in [5.41, 5.74) is 11.6. The Balaban J connectivity index is 3.03. The number of nitrogens with two attached hydrogens (primary N) is 2. The third-order valence-electron chi connectivity index (χ3n) is 5.70. The second-order valence-corrected chi connectivity index (χ2v) is 8.66. The van der Waals surface area contributed by atoms with Crippen LogP contribution in [0, 0.1) is 5.92 Å². The van der Waals surface area contributed by atoms with Crippen molar-refractivity contribution in [3.8, 4) is 0 Å². The number of aromatic nitrogens is 2. The molecule has 15 heteroatoms. The maximum atomic E-state index is 13.0. The number of imidazole rings is 1. The van der Waals surface area contributed by atoms with Gasteiger partial charge in [-0.25, -0.2) is 9.78 Å². The molecule has 0 saturated heterocycles. The predicted molar refractivity (Wildman–Crippen MR) is 128 cm³/mol. The molecule has 206 valence electrons. The second kappa shape index (κ2) is 15.2. The van der Waals surface area contributed by atoms with Gasteiger partial charge >= 0.3 is 11.9 Å². The number of aliphatic carboxylic acids is 2. The Morgan fingerprint density at radius 2 is 1.54 bits per heavy atom. The molecule has 0 aliphatic carbocycles. The lowest BCUT2D eigenvalue weighted by atomic mass is 9.98. The molecule has 1 heterocycles. The van der Waals surface area contributed by atoms with Gasteiger partial charge in [0.15, 0.2) is 0 Å². The first-order valence-corrected chi connectivity index (χ1v) is 11.7. The maximum absolute atomic E-state index is 13.0. The maximum Gasteiger partial charge on any atom is 0.326 e. The van der Waals surface area contributed by atoms with Gasteiger partial charge in [-0.05, 0) is 18.8 Å². The molecular formula is C22H35N7O8. The summed E-state index contributed by atoms with van der Waals surface area (Å²) >= 11 is 0. The van der Waals surface area contributed by atoms with Gasteiger partial charge in [-0.2, -0.15) is 0 Å². The molecule has 1 aromatic heterocycles. The molecule has 4 amide bonds. The van der Waals surface area contributed by atoms with E-state index in [1.807, 2.05) is 0 Å². The number of hydrogen-bond donors (Lipinski definition) is 8. The lowest BCUT2D eigenvalue weighted by Crippen LogP contribution is -2.58. The zero-order valence-electron chi connectivity index (χ0n) is 20.7. The normalized spacial score (nSPS) is 14.9. The van der Waals surface area contributed by atoms with E-state index in [1.54, 1.807) is 13.8 Å². The monoisotopic (exact) mass is 525 g/mol. The molecule has 10 N–H and O–H groups in total. The molecule has 15 nitrogen and oxygen atoms in total. The van der Waals surface area contributed by atoms with Crippen LogP contribution in [0.4, 0.5) is 0 Å². The highest BCUT2D eigenvalue weighted by atomic mass is 16.4. The van der Waals surface area contributed by atoms with Crippen molar-refractivity contribution in [2.24, 2.45) is 17.4 Å². The molecule has 1 aromatic rings. The van der Waals surface area contributed by atoms with Gasteiger partial charge in [0.25, 0.3) is 0 Å². The largest absolute Gasteiger partial charge is 0.481 e. The number of primary amides is 1. The van der Waals surface area contributed by atoms with Crippen molar-refractivity contribution < 1.29 is 39.0 Å². The number of rotatable bonds is 17. The number of aromatic amines is 1. The summed E-state index contributed by atoms with van der Waals surface area (Å²) in [5.74, 6) is -6.25. The summed E-state index contributed by atoms with van der Waals surface area (Å²) in [4.78, 5) is 79.1. The van der Waals surface area contributed by atoms with Crippen molar-refractivity contribution in [1.82, 2.24) is 25.9 Å². The van der Waals surface area contributed by atoms with Crippen molar-refractivity contribution >= 4 is 35.6 Å². The molecule has 0 radical (unpaired) electrons. The van der Waals surface area contributed by atoms with E-state index in [-0.39, 0.29) is 25.7 Å². The van der Waals surface area contributed by atoms with E-state index < -0.39 is 72.1 Å². The van der Waals surface area contributed by atoms with E-state index in [0.29, 0.717) is 12.1 Å². The van der Waals surface area contributed by atoms with Gasteiger partial charge in [0.1, 0.15) is 18.1 Å².